The maximum atomic E-state index is 12.0. The Labute approximate surface area is 145 Å². The summed E-state index contributed by atoms with van der Waals surface area (Å²) in [6, 6.07) is 4.78. The number of amides is 1. The van der Waals surface area contributed by atoms with Gasteiger partial charge in [0.05, 0.1) is 12.2 Å². The number of anilines is 1. The number of nitrogens with zero attached hydrogens (tertiary/aromatic N) is 5. The average Bonchev–Trinajstić information content (AvgIpc) is 2.62. The van der Waals surface area contributed by atoms with Gasteiger partial charge in [0.25, 0.3) is 5.56 Å². The average molecular weight is 342 g/mol. The Hall–Kier alpha value is -2.77. The van der Waals surface area contributed by atoms with Gasteiger partial charge in [-0.3, -0.25) is 9.59 Å². The van der Waals surface area contributed by atoms with E-state index in [2.05, 4.69) is 25.3 Å². The van der Waals surface area contributed by atoms with E-state index in [9.17, 15) is 9.59 Å². The molecule has 3 rings (SSSR count). The van der Waals surface area contributed by atoms with E-state index in [1.165, 1.54) is 18.7 Å². The summed E-state index contributed by atoms with van der Waals surface area (Å²) >= 11 is 0. The molecule has 132 valence electrons. The van der Waals surface area contributed by atoms with Gasteiger partial charge in [-0.05, 0) is 38.3 Å². The summed E-state index contributed by atoms with van der Waals surface area (Å²) in [7, 11) is 0. The van der Waals surface area contributed by atoms with Gasteiger partial charge in [0.2, 0.25) is 11.9 Å². The van der Waals surface area contributed by atoms with Crippen LogP contribution in [0.5, 0.6) is 0 Å². The second-order valence-electron chi connectivity index (χ2n) is 6.14. The Morgan fingerprint density at radius 3 is 2.80 bits per heavy atom. The summed E-state index contributed by atoms with van der Waals surface area (Å²) in [5, 5.41) is 6.66. The van der Waals surface area contributed by atoms with E-state index < -0.39 is 0 Å². The summed E-state index contributed by atoms with van der Waals surface area (Å²) < 4.78 is 1.12. The number of nitrogens with one attached hydrogen (secondary N) is 1. The first-order valence-corrected chi connectivity index (χ1v) is 8.50. The SMILES string of the molecule is Cc1cc(CNC(=O)Cn2ncccc2=O)nc(N2CCCCC2)n1. The van der Waals surface area contributed by atoms with Crippen molar-refractivity contribution in [1.82, 2.24) is 25.1 Å². The minimum Gasteiger partial charge on any atom is -0.349 e. The molecule has 0 atom stereocenters. The van der Waals surface area contributed by atoms with Crippen molar-refractivity contribution in [2.75, 3.05) is 18.0 Å². The lowest BCUT2D eigenvalue weighted by Crippen LogP contribution is -2.34. The summed E-state index contributed by atoms with van der Waals surface area (Å²) in [5.74, 6) is 0.446. The zero-order chi connectivity index (χ0) is 17.6. The third kappa shape index (κ3) is 4.62. The van der Waals surface area contributed by atoms with Crippen LogP contribution in [-0.2, 0) is 17.9 Å². The minimum atomic E-state index is -0.303. The molecule has 0 aliphatic carbocycles. The normalized spacial score (nSPS) is 14.4. The Balaban J connectivity index is 1.62. The molecule has 8 heteroatoms. The smallest absolute Gasteiger partial charge is 0.267 e. The quantitative estimate of drug-likeness (QED) is 0.857. The summed E-state index contributed by atoms with van der Waals surface area (Å²) in [6.45, 7) is 4.05. The molecule has 3 heterocycles. The third-order valence-electron chi connectivity index (χ3n) is 4.08. The molecule has 0 saturated carbocycles. The van der Waals surface area contributed by atoms with E-state index in [0.717, 1.165) is 47.9 Å². The van der Waals surface area contributed by atoms with Gasteiger partial charge in [-0.1, -0.05) is 0 Å². The topological polar surface area (TPSA) is 93.0 Å². The molecule has 25 heavy (non-hydrogen) atoms. The molecule has 1 N–H and O–H groups in total. The van der Waals surface area contributed by atoms with Crippen LogP contribution in [-0.4, -0.2) is 38.7 Å². The minimum absolute atomic E-state index is 0.108. The number of hydrogen-bond donors (Lipinski definition) is 1. The van der Waals surface area contributed by atoms with Crippen molar-refractivity contribution in [2.45, 2.75) is 39.3 Å². The summed E-state index contributed by atoms with van der Waals surface area (Å²) in [6.07, 6.45) is 5.04. The summed E-state index contributed by atoms with van der Waals surface area (Å²) in [4.78, 5) is 34.9. The molecule has 1 aliphatic rings. The fourth-order valence-corrected chi connectivity index (χ4v) is 2.83. The van der Waals surface area contributed by atoms with Crippen LogP contribution >= 0.6 is 0 Å². The first kappa shape index (κ1) is 17.1. The van der Waals surface area contributed by atoms with Crippen LogP contribution in [0.25, 0.3) is 0 Å². The van der Waals surface area contributed by atoms with Gasteiger partial charge in [0.15, 0.2) is 0 Å². The van der Waals surface area contributed by atoms with Gasteiger partial charge >= 0.3 is 0 Å². The Morgan fingerprint density at radius 1 is 1.24 bits per heavy atom. The van der Waals surface area contributed by atoms with Gasteiger partial charge in [-0.15, -0.1) is 0 Å². The van der Waals surface area contributed by atoms with E-state index in [1.807, 2.05) is 13.0 Å². The molecular weight excluding hydrogens is 320 g/mol. The Bertz CT molecular complexity index is 798. The van der Waals surface area contributed by atoms with Crippen LogP contribution in [0.2, 0.25) is 0 Å². The van der Waals surface area contributed by atoms with Crippen molar-refractivity contribution >= 4 is 11.9 Å². The molecule has 1 fully saturated rings. The lowest BCUT2D eigenvalue weighted by atomic mass is 10.1. The molecule has 0 bridgehead atoms. The first-order valence-electron chi connectivity index (χ1n) is 8.50. The van der Waals surface area contributed by atoms with E-state index in [0.29, 0.717) is 6.54 Å². The summed E-state index contributed by atoms with van der Waals surface area (Å²) in [5.41, 5.74) is 1.33. The van der Waals surface area contributed by atoms with Crippen molar-refractivity contribution in [1.29, 1.82) is 0 Å². The highest BCUT2D eigenvalue weighted by Crippen LogP contribution is 2.16. The second kappa shape index (κ2) is 7.87. The highest BCUT2D eigenvalue weighted by Gasteiger charge is 2.15. The van der Waals surface area contributed by atoms with Crippen molar-refractivity contribution in [3.05, 3.63) is 46.1 Å². The number of piperidine rings is 1. The Kier molecular flexibility index (Phi) is 5.37. The molecular formula is C17H22N6O2. The second-order valence-corrected chi connectivity index (χ2v) is 6.14. The third-order valence-corrected chi connectivity index (χ3v) is 4.08. The van der Waals surface area contributed by atoms with Gasteiger partial charge in [0.1, 0.15) is 6.54 Å². The predicted molar refractivity (Wildman–Crippen MR) is 93.2 cm³/mol. The van der Waals surface area contributed by atoms with Gasteiger partial charge in [-0.2, -0.15) is 5.10 Å². The van der Waals surface area contributed by atoms with Gasteiger partial charge < -0.3 is 10.2 Å². The molecule has 1 saturated heterocycles. The largest absolute Gasteiger partial charge is 0.349 e. The number of carbonyl (C=O) groups excluding carboxylic acids is 1. The number of carbonyl (C=O) groups is 1. The van der Waals surface area contributed by atoms with Crippen LogP contribution in [0.3, 0.4) is 0 Å². The molecule has 1 amide bonds. The van der Waals surface area contributed by atoms with Crippen molar-refractivity contribution < 1.29 is 4.79 Å². The van der Waals surface area contributed by atoms with Crippen molar-refractivity contribution in [3.8, 4) is 0 Å². The number of aryl methyl sites for hydroxylation is 1. The maximum absolute atomic E-state index is 12.0. The number of rotatable bonds is 5. The van der Waals surface area contributed by atoms with Crippen LogP contribution < -0.4 is 15.8 Å². The monoisotopic (exact) mass is 342 g/mol. The zero-order valence-corrected chi connectivity index (χ0v) is 14.3. The van der Waals surface area contributed by atoms with Crippen LogP contribution in [0.4, 0.5) is 5.95 Å². The van der Waals surface area contributed by atoms with Crippen molar-refractivity contribution in [3.63, 3.8) is 0 Å². The highest BCUT2D eigenvalue weighted by atomic mass is 16.2. The van der Waals surface area contributed by atoms with E-state index in [1.54, 1.807) is 6.07 Å². The van der Waals surface area contributed by atoms with Crippen LogP contribution in [0, 0.1) is 6.92 Å². The zero-order valence-electron chi connectivity index (χ0n) is 14.3. The standard InChI is InChI=1S/C17H22N6O2/c1-13-10-14(21-17(20-13)22-8-3-2-4-9-22)11-18-15(24)12-23-16(25)6-5-7-19-23/h5-7,10H,2-4,8-9,11-12H2,1H3,(H,18,24). The highest BCUT2D eigenvalue weighted by molar-refractivity contribution is 5.75. The van der Waals surface area contributed by atoms with Crippen LogP contribution in [0.1, 0.15) is 30.7 Å². The molecule has 0 spiro atoms. The molecule has 0 aromatic carbocycles. The maximum Gasteiger partial charge on any atom is 0.267 e. The number of aromatic nitrogens is 4. The molecule has 0 radical (unpaired) electrons. The van der Waals surface area contributed by atoms with Gasteiger partial charge in [0, 0.05) is 31.0 Å². The molecule has 2 aromatic rings. The molecule has 0 unspecified atom stereocenters. The number of hydrogen-bond acceptors (Lipinski definition) is 6. The van der Waals surface area contributed by atoms with Gasteiger partial charge in [-0.25, -0.2) is 14.6 Å². The van der Waals surface area contributed by atoms with Crippen LogP contribution in [0.15, 0.2) is 29.2 Å². The Morgan fingerprint density at radius 2 is 2.04 bits per heavy atom. The molecule has 2 aromatic heterocycles. The lowest BCUT2D eigenvalue weighted by Gasteiger charge is -2.27. The lowest BCUT2D eigenvalue weighted by molar-refractivity contribution is -0.122. The molecule has 1 aliphatic heterocycles. The van der Waals surface area contributed by atoms with E-state index in [-0.39, 0.29) is 18.0 Å². The fraction of sp³-hybridized carbons (Fsp3) is 0.471. The van der Waals surface area contributed by atoms with E-state index >= 15 is 0 Å². The molecule has 8 nitrogen and oxygen atoms in total. The first-order chi connectivity index (χ1) is 12.1. The fourth-order valence-electron chi connectivity index (χ4n) is 2.83. The predicted octanol–water partition coefficient (Wildman–Crippen LogP) is 0.648. The van der Waals surface area contributed by atoms with Crippen molar-refractivity contribution in [2.24, 2.45) is 0 Å². The van der Waals surface area contributed by atoms with E-state index in [4.69, 9.17) is 0 Å².